The van der Waals surface area contributed by atoms with Crippen LogP contribution in [0.2, 0.25) is 0 Å². The van der Waals surface area contributed by atoms with Crippen molar-refractivity contribution in [3.8, 4) is 0 Å². The van der Waals surface area contributed by atoms with Crippen molar-refractivity contribution in [2.75, 3.05) is 0 Å². The Labute approximate surface area is 74.0 Å². The highest BCUT2D eigenvalue weighted by Crippen LogP contribution is 2.22. The van der Waals surface area contributed by atoms with Crippen LogP contribution in [-0.2, 0) is 0 Å². The van der Waals surface area contributed by atoms with Crippen LogP contribution < -0.4 is 0 Å². The van der Waals surface area contributed by atoms with E-state index in [9.17, 15) is 0 Å². The zero-order valence-corrected chi connectivity index (χ0v) is 7.29. The number of hydrogen-bond donors (Lipinski definition) is 0. The first-order valence-corrected chi connectivity index (χ1v) is 4.70. The number of rotatable bonds is 1. The van der Waals surface area contributed by atoms with Crippen molar-refractivity contribution >= 4 is 0 Å². The topological polar surface area (TPSA) is 0 Å². The molecule has 0 spiro atoms. The van der Waals surface area contributed by atoms with Crippen molar-refractivity contribution in [3.63, 3.8) is 0 Å². The van der Waals surface area contributed by atoms with Crippen LogP contribution in [0.15, 0.2) is 47.6 Å². The molecule has 0 aromatic rings. The smallest absolute Gasteiger partial charge is 0.0230 e. The third-order valence-electron chi connectivity index (χ3n) is 2.32. The van der Waals surface area contributed by atoms with Crippen LogP contribution in [0.5, 0.6) is 0 Å². The van der Waals surface area contributed by atoms with Gasteiger partial charge in [0.25, 0.3) is 0 Å². The molecule has 0 saturated heterocycles. The minimum atomic E-state index is 1.21. The maximum absolute atomic E-state index is 2.33. The van der Waals surface area contributed by atoms with E-state index < -0.39 is 0 Å². The van der Waals surface area contributed by atoms with Gasteiger partial charge < -0.3 is 0 Å². The summed E-state index contributed by atoms with van der Waals surface area (Å²) in [7, 11) is 0. The highest BCUT2D eigenvalue weighted by atomic mass is 14.1. The lowest BCUT2D eigenvalue weighted by Crippen LogP contribution is -1.90. The van der Waals surface area contributed by atoms with Gasteiger partial charge in [0.05, 0.1) is 0 Å². The summed E-state index contributed by atoms with van der Waals surface area (Å²) in [6, 6.07) is 0. The number of allylic oxidation sites excluding steroid dienone is 8. The molecule has 2 aliphatic carbocycles. The van der Waals surface area contributed by atoms with E-state index in [1.807, 2.05) is 0 Å². The quantitative estimate of drug-likeness (QED) is 0.547. The van der Waals surface area contributed by atoms with Crippen molar-refractivity contribution in [2.24, 2.45) is 0 Å². The van der Waals surface area contributed by atoms with Gasteiger partial charge in [-0.05, 0) is 36.8 Å². The molecule has 0 aliphatic heterocycles. The van der Waals surface area contributed by atoms with Crippen LogP contribution in [0.1, 0.15) is 25.7 Å². The highest BCUT2D eigenvalue weighted by molar-refractivity contribution is 5.48. The Bertz CT molecular complexity index is 244. The Kier molecular flexibility index (Phi) is 2.26. The van der Waals surface area contributed by atoms with E-state index in [2.05, 4.69) is 36.5 Å². The van der Waals surface area contributed by atoms with E-state index in [0.29, 0.717) is 0 Å². The van der Waals surface area contributed by atoms with Crippen molar-refractivity contribution in [1.82, 2.24) is 0 Å². The Hall–Kier alpha value is -1.04. The minimum Gasteiger partial charge on any atom is -0.0836 e. The largest absolute Gasteiger partial charge is 0.0836 e. The minimum absolute atomic E-state index is 1.21. The molecule has 0 N–H and O–H groups in total. The summed E-state index contributed by atoms with van der Waals surface area (Å²) in [5.41, 5.74) is 2.83. The predicted octanol–water partition coefficient (Wildman–Crippen LogP) is 3.54. The molecule has 0 nitrogen and oxygen atoms in total. The molecule has 62 valence electrons. The van der Waals surface area contributed by atoms with E-state index in [1.165, 1.54) is 36.8 Å². The summed E-state index contributed by atoms with van der Waals surface area (Å²) < 4.78 is 0. The van der Waals surface area contributed by atoms with E-state index in [-0.39, 0.29) is 0 Å². The molecular formula is C12H14. The van der Waals surface area contributed by atoms with Crippen molar-refractivity contribution in [3.05, 3.63) is 47.6 Å². The van der Waals surface area contributed by atoms with Gasteiger partial charge in [-0.25, -0.2) is 0 Å². The molecule has 0 fully saturated rings. The monoisotopic (exact) mass is 158 g/mol. The van der Waals surface area contributed by atoms with Gasteiger partial charge in [0.1, 0.15) is 0 Å². The van der Waals surface area contributed by atoms with Gasteiger partial charge in [0.15, 0.2) is 0 Å². The first-order valence-electron chi connectivity index (χ1n) is 4.70. The Balaban J connectivity index is 2.18. The van der Waals surface area contributed by atoms with E-state index in [4.69, 9.17) is 0 Å². The summed E-state index contributed by atoms with van der Waals surface area (Å²) in [6.07, 6.45) is 18.5. The molecule has 0 heterocycles. The molecular weight excluding hydrogens is 144 g/mol. The summed E-state index contributed by atoms with van der Waals surface area (Å²) in [5.74, 6) is 0. The van der Waals surface area contributed by atoms with Crippen LogP contribution in [0, 0.1) is 0 Å². The van der Waals surface area contributed by atoms with E-state index in [1.54, 1.807) is 0 Å². The Morgan fingerprint density at radius 2 is 1.17 bits per heavy atom. The molecule has 0 heteroatoms. The van der Waals surface area contributed by atoms with Gasteiger partial charge >= 0.3 is 0 Å². The highest BCUT2D eigenvalue weighted by Gasteiger charge is 2.02. The van der Waals surface area contributed by atoms with Crippen LogP contribution in [-0.4, -0.2) is 0 Å². The fourth-order valence-electron chi connectivity index (χ4n) is 1.65. The second kappa shape index (κ2) is 3.57. The normalized spacial score (nSPS) is 22.0. The van der Waals surface area contributed by atoms with Crippen molar-refractivity contribution in [1.29, 1.82) is 0 Å². The second-order valence-electron chi connectivity index (χ2n) is 3.28. The van der Waals surface area contributed by atoms with Crippen molar-refractivity contribution in [2.45, 2.75) is 25.7 Å². The van der Waals surface area contributed by atoms with Crippen LogP contribution >= 0.6 is 0 Å². The first-order chi connectivity index (χ1) is 5.97. The third-order valence-corrected chi connectivity index (χ3v) is 2.32. The summed E-state index contributed by atoms with van der Waals surface area (Å²) in [5, 5.41) is 0. The van der Waals surface area contributed by atoms with E-state index in [0.717, 1.165) is 0 Å². The second-order valence-corrected chi connectivity index (χ2v) is 3.28. The van der Waals surface area contributed by atoms with Gasteiger partial charge in [-0.1, -0.05) is 36.5 Å². The third kappa shape index (κ3) is 1.58. The molecule has 12 heavy (non-hydrogen) atoms. The summed E-state index contributed by atoms with van der Waals surface area (Å²) >= 11 is 0. The Morgan fingerprint density at radius 3 is 1.50 bits per heavy atom. The lowest BCUT2D eigenvalue weighted by molar-refractivity contribution is 0.998. The molecule has 0 saturated carbocycles. The predicted molar refractivity (Wildman–Crippen MR) is 52.9 cm³/mol. The molecule has 0 atom stereocenters. The van der Waals surface area contributed by atoms with Gasteiger partial charge in [-0.2, -0.15) is 0 Å². The maximum Gasteiger partial charge on any atom is -0.0230 e. The fourth-order valence-corrected chi connectivity index (χ4v) is 1.65. The number of hydrogen-bond acceptors (Lipinski definition) is 0. The molecule has 0 radical (unpaired) electrons. The molecule has 0 aromatic heterocycles. The zero-order valence-electron chi connectivity index (χ0n) is 7.29. The Morgan fingerprint density at radius 1 is 0.667 bits per heavy atom. The molecule has 2 aliphatic rings. The fraction of sp³-hybridized carbons (Fsp3) is 0.333. The average Bonchev–Trinajstić information content (AvgIpc) is 2.21. The van der Waals surface area contributed by atoms with E-state index >= 15 is 0 Å². The van der Waals surface area contributed by atoms with Gasteiger partial charge in [0.2, 0.25) is 0 Å². The van der Waals surface area contributed by atoms with Gasteiger partial charge in [-0.3, -0.25) is 0 Å². The maximum atomic E-state index is 2.33. The van der Waals surface area contributed by atoms with Gasteiger partial charge in [-0.15, -0.1) is 0 Å². The van der Waals surface area contributed by atoms with Gasteiger partial charge in [0, 0.05) is 0 Å². The molecule has 0 amide bonds. The molecule has 0 unspecified atom stereocenters. The van der Waals surface area contributed by atoms with Crippen LogP contribution in [0.3, 0.4) is 0 Å². The standard InChI is InChI=1S/C12H14/c1-3-7-11(8-4-1)12-9-5-2-6-10-12/h3,5,7-10H,1-2,4,6H2. The lowest BCUT2D eigenvalue weighted by atomic mass is 9.95. The lowest BCUT2D eigenvalue weighted by Gasteiger charge is -2.10. The summed E-state index contributed by atoms with van der Waals surface area (Å²) in [6.45, 7) is 0. The van der Waals surface area contributed by atoms with Crippen molar-refractivity contribution < 1.29 is 0 Å². The SMILES string of the molecule is C1=CC(C2=CCCC=C2)=CCC1. The summed E-state index contributed by atoms with van der Waals surface area (Å²) in [4.78, 5) is 0. The average molecular weight is 158 g/mol. The zero-order chi connectivity index (χ0) is 8.23. The molecule has 0 aromatic carbocycles. The van der Waals surface area contributed by atoms with Crippen LogP contribution in [0.25, 0.3) is 0 Å². The first kappa shape index (κ1) is 7.60. The molecule has 2 rings (SSSR count). The van der Waals surface area contributed by atoms with Crippen LogP contribution in [0.4, 0.5) is 0 Å². The molecule has 0 bridgehead atoms.